The molecule has 0 aliphatic carbocycles. The van der Waals surface area contributed by atoms with E-state index in [0.29, 0.717) is 30.1 Å². The SMILES string of the molecule is Cc1nn(Cc2ccc(C(=O)N[C@H]3CCOc4ccccc43)cc2)c(C)c1[N+](=O)[O-]. The van der Waals surface area contributed by atoms with Gasteiger partial charge in [0.2, 0.25) is 0 Å². The molecule has 0 bridgehead atoms. The molecule has 2 heterocycles. The van der Waals surface area contributed by atoms with Crippen LogP contribution in [0.4, 0.5) is 5.69 Å². The lowest BCUT2D eigenvalue weighted by Gasteiger charge is -2.26. The molecule has 30 heavy (non-hydrogen) atoms. The van der Waals surface area contributed by atoms with Crippen molar-refractivity contribution in [1.29, 1.82) is 0 Å². The molecule has 0 fully saturated rings. The van der Waals surface area contributed by atoms with Gasteiger partial charge in [-0.05, 0) is 37.6 Å². The van der Waals surface area contributed by atoms with Gasteiger partial charge in [0, 0.05) is 17.5 Å². The fourth-order valence-corrected chi connectivity index (χ4v) is 3.77. The van der Waals surface area contributed by atoms with E-state index in [0.717, 1.165) is 23.3 Å². The van der Waals surface area contributed by atoms with Crippen molar-refractivity contribution < 1.29 is 14.5 Å². The highest BCUT2D eigenvalue weighted by Gasteiger charge is 2.24. The number of ether oxygens (including phenoxy) is 1. The topological polar surface area (TPSA) is 99.3 Å². The first kappa shape index (κ1) is 19.6. The van der Waals surface area contributed by atoms with Crippen molar-refractivity contribution in [2.24, 2.45) is 0 Å². The Hall–Kier alpha value is -3.68. The second-order valence-electron chi connectivity index (χ2n) is 7.33. The number of nitrogens with zero attached hydrogens (tertiary/aromatic N) is 3. The van der Waals surface area contributed by atoms with E-state index in [1.165, 1.54) is 0 Å². The minimum atomic E-state index is -0.407. The van der Waals surface area contributed by atoms with Crippen LogP contribution in [0.3, 0.4) is 0 Å². The van der Waals surface area contributed by atoms with Gasteiger partial charge in [0.1, 0.15) is 17.1 Å². The molecule has 4 rings (SSSR count). The number of carbonyl (C=O) groups is 1. The van der Waals surface area contributed by atoms with Crippen molar-refractivity contribution in [1.82, 2.24) is 15.1 Å². The van der Waals surface area contributed by atoms with E-state index in [-0.39, 0.29) is 17.6 Å². The lowest BCUT2D eigenvalue weighted by molar-refractivity contribution is -0.386. The summed E-state index contributed by atoms with van der Waals surface area (Å²) < 4.78 is 7.26. The molecule has 1 aliphatic heterocycles. The van der Waals surface area contributed by atoms with E-state index in [9.17, 15) is 14.9 Å². The summed E-state index contributed by atoms with van der Waals surface area (Å²) in [6.45, 7) is 4.28. The van der Waals surface area contributed by atoms with E-state index >= 15 is 0 Å². The summed E-state index contributed by atoms with van der Waals surface area (Å²) in [6.07, 6.45) is 0.720. The minimum absolute atomic E-state index is 0.0442. The standard InChI is InChI=1S/C22H22N4O4/c1-14-21(26(28)29)15(2)25(24-14)13-16-7-9-17(10-8-16)22(27)23-19-11-12-30-20-6-4-3-5-18(19)20/h3-10,19H,11-13H2,1-2H3,(H,23,27)/t19-/m0/s1. The molecule has 8 nitrogen and oxygen atoms in total. The average Bonchev–Trinajstić information content (AvgIpc) is 3.02. The number of aryl methyl sites for hydroxylation is 1. The summed E-state index contributed by atoms with van der Waals surface area (Å²) in [5, 5.41) is 18.5. The van der Waals surface area contributed by atoms with Crippen LogP contribution in [0.2, 0.25) is 0 Å². The number of carbonyl (C=O) groups excluding carboxylic acids is 1. The Labute approximate surface area is 173 Å². The van der Waals surface area contributed by atoms with Gasteiger partial charge < -0.3 is 10.1 Å². The highest BCUT2D eigenvalue weighted by atomic mass is 16.6. The summed E-state index contributed by atoms with van der Waals surface area (Å²) in [4.78, 5) is 23.5. The summed E-state index contributed by atoms with van der Waals surface area (Å²) in [6, 6.07) is 14.8. The van der Waals surface area contributed by atoms with Crippen molar-refractivity contribution >= 4 is 11.6 Å². The van der Waals surface area contributed by atoms with E-state index < -0.39 is 4.92 Å². The molecule has 1 aromatic heterocycles. The molecule has 1 amide bonds. The van der Waals surface area contributed by atoms with Crippen molar-refractivity contribution in [2.75, 3.05) is 6.61 Å². The fraction of sp³-hybridized carbons (Fsp3) is 0.273. The molecular formula is C22H22N4O4. The molecule has 154 valence electrons. The lowest BCUT2D eigenvalue weighted by Crippen LogP contribution is -2.32. The summed E-state index contributed by atoms with van der Waals surface area (Å²) >= 11 is 0. The van der Waals surface area contributed by atoms with Gasteiger partial charge in [-0.25, -0.2) is 0 Å². The first-order valence-electron chi connectivity index (χ1n) is 9.74. The summed E-state index contributed by atoms with van der Waals surface area (Å²) in [7, 11) is 0. The fourth-order valence-electron chi connectivity index (χ4n) is 3.77. The maximum atomic E-state index is 12.7. The first-order chi connectivity index (χ1) is 14.4. The average molecular weight is 406 g/mol. The zero-order valence-electron chi connectivity index (χ0n) is 16.8. The van der Waals surface area contributed by atoms with Crippen molar-refractivity contribution in [3.05, 3.63) is 86.7 Å². The van der Waals surface area contributed by atoms with Gasteiger partial charge >= 0.3 is 5.69 Å². The number of fused-ring (bicyclic) bond motifs is 1. The van der Waals surface area contributed by atoms with Crippen LogP contribution < -0.4 is 10.1 Å². The molecule has 0 spiro atoms. The van der Waals surface area contributed by atoms with Gasteiger partial charge in [-0.3, -0.25) is 19.6 Å². The third kappa shape index (κ3) is 3.76. The highest BCUT2D eigenvalue weighted by Crippen LogP contribution is 2.31. The number of nitro groups is 1. The second kappa shape index (κ2) is 7.98. The van der Waals surface area contributed by atoms with E-state index in [4.69, 9.17) is 4.74 Å². The molecule has 0 radical (unpaired) electrons. The molecule has 1 aliphatic rings. The predicted octanol–water partition coefficient (Wildman–Crippen LogP) is 3.71. The molecule has 8 heteroatoms. The lowest BCUT2D eigenvalue weighted by atomic mass is 10.00. The third-order valence-electron chi connectivity index (χ3n) is 5.34. The molecule has 3 aromatic rings. The number of hydrogen-bond acceptors (Lipinski definition) is 5. The van der Waals surface area contributed by atoms with Gasteiger partial charge in [0.25, 0.3) is 5.91 Å². The van der Waals surface area contributed by atoms with E-state index in [1.54, 1.807) is 30.7 Å². The van der Waals surface area contributed by atoms with Gasteiger partial charge in [-0.15, -0.1) is 0 Å². The van der Waals surface area contributed by atoms with Crippen LogP contribution in [0, 0.1) is 24.0 Å². The van der Waals surface area contributed by atoms with Gasteiger partial charge in [-0.2, -0.15) is 5.10 Å². The van der Waals surface area contributed by atoms with E-state index in [2.05, 4.69) is 10.4 Å². The van der Waals surface area contributed by atoms with Crippen LogP contribution in [-0.2, 0) is 6.54 Å². The van der Waals surface area contributed by atoms with E-state index in [1.807, 2.05) is 36.4 Å². The Kier molecular flexibility index (Phi) is 5.22. The monoisotopic (exact) mass is 406 g/mol. The third-order valence-corrected chi connectivity index (χ3v) is 5.34. The number of benzene rings is 2. The van der Waals surface area contributed by atoms with Crippen molar-refractivity contribution in [2.45, 2.75) is 32.9 Å². The number of hydrogen-bond donors (Lipinski definition) is 1. The predicted molar refractivity (Wildman–Crippen MR) is 111 cm³/mol. The maximum absolute atomic E-state index is 12.7. The Morgan fingerprint density at radius 3 is 2.67 bits per heavy atom. The van der Waals surface area contributed by atoms with Gasteiger partial charge in [-0.1, -0.05) is 30.3 Å². The van der Waals surface area contributed by atoms with Gasteiger partial charge in [0.15, 0.2) is 0 Å². The van der Waals surface area contributed by atoms with Gasteiger partial charge in [0.05, 0.1) is 24.1 Å². The Balaban J connectivity index is 1.46. The molecule has 1 atom stereocenters. The number of nitrogens with one attached hydrogen (secondary N) is 1. The highest BCUT2D eigenvalue weighted by molar-refractivity contribution is 5.94. The van der Waals surface area contributed by atoms with Crippen LogP contribution in [0.25, 0.3) is 0 Å². The number of aromatic nitrogens is 2. The number of rotatable bonds is 5. The normalized spacial score (nSPS) is 15.2. The molecule has 2 aromatic carbocycles. The van der Waals surface area contributed by atoms with Crippen molar-refractivity contribution in [3.63, 3.8) is 0 Å². The molecular weight excluding hydrogens is 384 g/mol. The summed E-state index contributed by atoms with van der Waals surface area (Å²) in [5.74, 6) is 0.661. The number of amides is 1. The van der Waals surface area contributed by atoms with Crippen molar-refractivity contribution in [3.8, 4) is 5.75 Å². The Morgan fingerprint density at radius 1 is 1.23 bits per heavy atom. The molecule has 0 unspecified atom stereocenters. The Morgan fingerprint density at radius 2 is 1.97 bits per heavy atom. The quantitative estimate of drug-likeness (QED) is 0.514. The summed E-state index contributed by atoms with van der Waals surface area (Å²) in [5.41, 5.74) is 3.40. The largest absolute Gasteiger partial charge is 0.493 e. The second-order valence-corrected chi connectivity index (χ2v) is 7.33. The zero-order chi connectivity index (χ0) is 21.3. The van der Waals surface area contributed by atoms with Crippen LogP contribution in [0.15, 0.2) is 48.5 Å². The number of para-hydroxylation sites is 1. The zero-order valence-corrected chi connectivity index (χ0v) is 16.8. The van der Waals surface area contributed by atoms with Crippen LogP contribution >= 0.6 is 0 Å². The smallest absolute Gasteiger partial charge is 0.312 e. The van der Waals surface area contributed by atoms with Crippen LogP contribution in [0.5, 0.6) is 5.75 Å². The molecule has 0 saturated heterocycles. The molecule has 1 N–H and O–H groups in total. The molecule has 0 saturated carbocycles. The first-order valence-corrected chi connectivity index (χ1v) is 9.74. The maximum Gasteiger partial charge on any atom is 0.312 e. The van der Waals surface area contributed by atoms with Crippen LogP contribution in [0.1, 0.15) is 45.3 Å². The van der Waals surface area contributed by atoms with Crippen LogP contribution in [-0.4, -0.2) is 27.2 Å². The Bertz CT molecular complexity index is 1100. The minimum Gasteiger partial charge on any atom is -0.493 e.